The van der Waals surface area contributed by atoms with Crippen LogP contribution in [0.25, 0.3) is 28.2 Å². The van der Waals surface area contributed by atoms with Gasteiger partial charge in [-0.25, -0.2) is 0 Å². The number of fused-ring (bicyclic) bond motifs is 1. The third kappa shape index (κ3) is 3.74. The number of thioether (sulfide) groups is 1. The molecule has 1 aliphatic heterocycles. The number of hydrogen-bond acceptors (Lipinski definition) is 6. The van der Waals surface area contributed by atoms with Gasteiger partial charge in [-0.15, -0.1) is 0 Å². The Morgan fingerprint density at radius 3 is 2.89 bits per heavy atom. The van der Waals surface area contributed by atoms with Crippen LogP contribution in [0.1, 0.15) is 19.6 Å². The predicted octanol–water partition coefficient (Wildman–Crippen LogP) is 4.77. The van der Waals surface area contributed by atoms with Crippen molar-refractivity contribution < 1.29 is 13.9 Å². The second-order valence-corrected chi connectivity index (χ2v) is 8.02. The number of hydrogen-bond donors (Lipinski definition) is 1. The van der Waals surface area contributed by atoms with Crippen molar-refractivity contribution in [2.45, 2.75) is 20.0 Å². The molecule has 0 aliphatic carbocycles. The van der Waals surface area contributed by atoms with E-state index in [2.05, 4.69) is 10.3 Å². The molecule has 0 bridgehead atoms. The lowest BCUT2D eigenvalue weighted by atomic mass is 10.1. The maximum Gasteiger partial charge on any atom is 0.263 e. The van der Waals surface area contributed by atoms with Crippen molar-refractivity contribution in [1.29, 1.82) is 0 Å². The molecule has 1 amide bonds. The van der Waals surface area contributed by atoms with E-state index in [4.69, 9.17) is 21.4 Å². The van der Waals surface area contributed by atoms with Crippen LogP contribution in [0.15, 0.2) is 52.0 Å². The third-order valence-corrected chi connectivity index (χ3v) is 5.04. The van der Waals surface area contributed by atoms with Crippen LogP contribution in [0, 0.1) is 0 Å². The molecule has 1 aromatic carbocycles. The van der Waals surface area contributed by atoms with Crippen LogP contribution in [0.4, 0.5) is 0 Å². The van der Waals surface area contributed by atoms with Crippen molar-refractivity contribution in [2.24, 2.45) is 0 Å². The first-order valence-corrected chi connectivity index (χ1v) is 9.61. The van der Waals surface area contributed by atoms with Gasteiger partial charge in [0.1, 0.15) is 21.4 Å². The zero-order chi connectivity index (χ0) is 19.0. The Bertz CT molecular complexity index is 1090. The normalized spacial score (nSPS) is 15.7. The zero-order valence-electron chi connectivity index (χ0n) is 14.7. The Morgan fingerprint density at radius 2 is 2.15 bits per heavy atom. The lowest BCUT2D eigenvalue weighted by Crippen LogP contribution is -2.17. The first-order chi connectivity index (χ1) is 13.0. The molecule has 3 aromatic rings. The van der Waals surface area contributed by atoms with Gasteiger partial charge in [0, 0.05) is 29.4 Å². The van der Waals surface area contributed by atoms with Gasteiger partial charge in [0.25, 0.3) is 5.91 Å². The van der Waals surface area contributed by atoms with E-state index in [-0.39, 0.29) is 12.0 Å². The van der Waals surface area contributed by atoms with E-state index in [1.54, 1.807) is 18.5 Å². The maximum atomic E-state index is 11.9. The highest BCUT2D eigenvalue weighted by Gasteiger charge is 2.23. The van der Waals surface area contributed by atoms with Gasteiger partial charge in [-0.05, 0) is 37.6 Å². The second kappa shape index (κ2) is 7.17. The van der Waals surface area contributed by atoms with E-state index in [0.29, 0.717) is 20.6 Å². The number of aromatic nitrogens is 1. The van der Waals surface area contributed by atoms with Gasteiger partial charge >= 0.3 is 0 Å². The van der Waals surface area contributed by atoms with E-state index < -0.39 is 0 Å². The minimum Gasteiger partial charge on any atom is -0.491 e. The average Bonchev–Trinajstić information content (AvgIpc) is 3.16. The summed E-state index contributed by atoms with van der Waals surface area (Å²) in [6, 6.07) is 9.69. The van der Waals surface area contributed by atoms with Crippen molar-refractivity contribution in [2.75, 3.05) is 0 Å². The van der Waals surface area contributed by atoms with Gasteiger partial charge in [-0.2, -0.15) is 0 Å². The highest BCUT2D eigenvalue weighted by molar-refractivity contribution is 8.26. The fourth-order valence-electron chi connectivity index (χ4n) is 2.82. The number of ether oxygens (including phenoxy) is 1. The Kier molecular flexibility index (Phi) is 4.72. The van der Waals surface area contributed by atoms with Crippen molar-refractivity contribution >= 4 is 51.3 Å². The number of nitrogens with zero attached hydrogens (tertiary/aromatic N) is 1. The zero-order valence-corrected chi connectivity index (χ0v) is 16.3. The maximum absolute atomic E-state index is 11.9. The lowest BCUT2D eigenvalue weighted by molar-refractivity contribution is -0.115. The monoisotopic (exact) mass is 396 g/mol. The number of nitrogens with one attached hydrogen (secondary N) is 1. The molecule has 0 spiro atoms. The van der Waals surface area contributed by atoms with E-state index in [9.17, 15) is 4.79 Å². The summed E-state index contributed by atoms with van der Waals surface area (Å²) in [5, 5.41) is 3.46. The number of furan rings is 1. The molecule has 1 saturated heterocycles. The molecule has 3 heterocycles. The topological polar surface area (TPSA) is 64.4 Å². The van der Waals surface area contributed by atoms with E-state index in [1.165, 1.54) is 11.8 Å². The van der Waals surface area contributed by atoms with Crippen LogP contribution >= 0.6 is 24.0 Å². The largest absolute Gasteiger partial charge is 0.491 e. The van der Waals surface area contributed by atoms with E-state index in [0.717, 1.165) is 22.3 Å². The first kappa shape index (κ1) is 17.8. The average molecular weight is 396 g/mol. The van der Waals surface area contributed by atoms with E-state index >= 15 is 0 Å². The van der Waals surface area contributed by atoms with Crippen LogP contribution < -0.4 is 10.1 Å². The molecule has 1 aliphatic rings. The highest BCUT2D eigenvalue weighted by atomic mass is 32.2. The summed E-state index contributed by atoms with van der Waals surface area (Å²) in [4.78, 5) is 16.7. The minimum atomic E-state index is -0.206. The summed E-state index contributed by atoms with van der Waals surface area (Å²) in [5.74, 6) is 1.17. The van der Waals surface area contributed by atoms with Crippen molar-refractivity contribution in [3.63, 3.8) is 0 Å². The second-order valence-electron chi connectivity index (χ2n) is 6.30. The Morgan fingerprint density at radius 1 is 1.30 bits per heavy atom. The molecule has 0 radical (unpaired) electrons. The molecule has 2 aromatic heterocycles. The number of rotatable bonds is 4. The van der Waals surface area contributed by atoms with Crippen LogP contribution in [-0.4, -0.2) is 21.3 Å². The number of pyridine rings is 1. The molecule has 0 unspecified atom stereocenters. The SMILES string of the molecule is CC(C)Oc1cccc(-c2cncc3cc(/C=C4/SC(=S)NC4=O)oc23)c1. The summed E-state index contributed by atoms with van der Waals surface area (Å²) in [5.41, 5.74) is 2.53. The molecule has 0 saturated carbocycles. The minimum absolute atomic E-state index is 0.0946. The molecular weight excluding hydrogens is 380 g/mol. The van der Waals surface area contributed by atoms with Crippen LogP contribution in [0.2, 0.25) is 0 Å². The molecule has 4 rings (SSSR count). The van der Waals surface area contributed by atoms with Crippen LogP contribution in [-0.2, 0) is 4.79 Å². The van der Waals surface area contributed by atoms with Gasteiger partial charge in [-0.1, -0.05) is 36.1 Å². The van der Waals surface area contributed by atoms with Crippen LogP contribution in [0.3, 0.4) is 0 Å². The Balaban J connectivity index is 1.75. The quantitative estimate of drug-likeness (QED) is 0.506. The molecular formula is C20H16N2O3S2. The lowest BCUT2D eigenvalue weighted by Gasteiger charge is -2.11. The van der Waals surface area contributed by atoms with Gasteiger partial charge in [0.05, 0.1) is 11.0 Å². The van der Waals surface area contributed by atoms with Gasteiger partial charge < -0.3 is 14.5 Å². The van der Waals surface area contributed by atoms with Crippen molar-refractivity contribution in [3.8, 4) is 16.9 Å². The number of carbonyl (C=O) groups is 1. The standard InChI is InChI=1S/C20H16N2O3S2/c1-11(2)24-14-5-3-4-12(6-14)16-10-21-9-13-7-15(25-18(13)16)8-17-19(23)22-20(26)27-17/h3-11H,1-2H3,(H,22,23,26)/b17-8+. The summed E-state index contributed by atoms with van der Waals surface area (Å²) in [6.45, 7) is 3.98. The molecule has 1 fully saturated rings. The molecule has 136 valence electrons. The van der Waals surface area contributed by atoms with Crippen molar-refractivity contribution in [1.82, 2.24) is 10.3 Å². The fraction of sp³-hybridized carbons (Fsp3) is 0.150. The predicted molar refractivity (Wildman–Crippen MR) is 112 cm³/mol. The smallest absolute Gasteiger partial charge is 0.263 e. The van der Waals surface area contributed by atoms with Crippen LogP contribution in [0.5, 0.6) is 5.75 Å². The Labute approximate surface area is 165 Å². The first-order valence-electron chi connectivity index (χ1n) is 8.39. The summed E-state index contributed by atoms with van der Waals surface area (Å²) < 4.78 is 12.3. The van der Waals surface area contributed by atoms with E-state index in [1.807, 2.05) is 44.2 Å². The molecule has 1 N–H and O–H groups in total. The summed E-state index contributed by atoms with van der Waals surface area (Å²) in [7, 11) is 0. The molecule has 0 atom stereocenters. The summed E-state index contributed by atoms with van der Waals surface area (Å²) in [6.07, 6.45) is 5.30. The fourth-order valence-corrected chi connectivity index (χ4v) is 3.84. The van der Waals surface area contributed by atoms with Gasteiger partial charge in [0.2, 0.25) is 0 Å². The number of carbonyl (C=O) groups excluding carboxylic acids is 1. The van der Waals surface area contributed by atoms with Gasteiger partial charge in [0.15, 0.2) is 0 Å². The summed E-state index contributed by atoms with van der Waals surface area (Å²) >= 11 is 6.24. The molecule has 27 heavy (non-hydrogen) atoms. The van der Waals surface area contributed by atoms with Gasteiger partial charge in [-0.3, -0.25) is 9.78 Å². The number of amides is 1. The Hall–Kier alpha value is -2.64. The third-order valence-electron chi connectivity index (χ3n) is 3.87. The van der Waals surface area contributed by atoms with Crippen molar-refractivity contribution in [3.05, 3.63) is 53.4 Å². The number of benzene rings is 1. The molecule has 5 nitrogen and oxygen atoms in total. The highest BCUT2D eigenvalue weighted by Crippen LogP contribution is 2.34. The number of thiocarbonyl (C=S) groups is 1. The molecule has 7 heteroatoms.